The van der Waals surface area contributed by atoms with Crippen LogP contribution in [-0.4, -0.2) is 44.8 Å². The van der Waals surface area contributed by atoms with Gasteiger partial charge in [-0.3, -0.25) is 4.99 Å². The van der Waals surface area contributed by atoms with Crippen molar-refractivity contribution in [2.45, 2.75) is 44.7 Å². The highest BCUT2D eigenvalue weighted by Crippen LogP contribution is 2.37. The quantitative estimate of drug-likeness (QED) is 0.661. The van der Waals surface area contributed by atoms with E-state index < -0.39 is 29.4 Å². The van der Waals surface area contributed by atoms with Crippen molar-refractivity contribution < 1.29 is 17.2 Å². The van der Waals surface area contributed by atoms with Crippen LogP contribution in [0.25, 0.3) is 10.9 Å². The smallest absolute Gasteiger partial charge is 0.240 e. The van der Waals surface area contributed by atoms with Gasteiger partial charge in [0.1, 0.15) is 25.1 Å². The van der Waals surface area contributed by atoms with Gasteiger partial charge < -0.3 is 9.88 Å². The van der Waals surface area contributed by atoms with Crippen molar-refractivity contribution in [3.63, 3.8) is 0 Å². The Labute approximate surface area is 185 Å². The fourth-order valence-electron chi connectivity index (χ4n) is 4.41. The molecular weight excluding hydrogens is 436 g/mol. The molecule has 1 aromatic carbocycles. The highest BCUT2D eigenvalue weighted by atomic mass is 32.2. The van der Waals surface area contributed by atoms with Crippen LogP contribution in [0.3, 0.4) is 0 Å². The van der Waals surface area contributed by atoms with Gasteiger partial charge >= 0.3 is 0 Å². The molecule has 2 heterocycles. The normalized spacial score (nSPS) is 17.3. The minimum Gasteiger partial charge on any atom is -0.344 e. The maximum atomic E-state index is 12.8. The van der Waals surface area contributed by atoms with E-state index in [1.807, 2.05) is 23.8 Å². The highest BCUT2D eigenvalue weighted by molar-refractivity contribution is 7.93. The predicted molar refractivity (Wildman–Crippen MR) is 119 cm³/mol. The number of amidine groups is 1. The van der Waals surface area contributed by atoms with Crippen molar-refractivity contribution in [3.05, 3.63) is 46.1 Å². The van der Waals surface area contributed by atoms with E-state index in [1.54, 1.807) is 0 Å². The summed E-state index contributed by atoms with van der Waals surface area (Å²) in [6.07, 6.45) is 5.48. The number of aliphatic imine (C=N–C) groups is 1. The van der Waals surface area contributed by atoms with Gasteiger partial charge in [-0.05, 0) is 31.4 Å². The summed E-state index contributed by atoms with van der Waals surface area (Å²) in [4.78, 5) is 4.30. The Balaban J connectivity index is 1.74. The number of rotatable bonds is 7. The minimum absolute atomic E-state index is 0.119. The van der Waals surface area contributed by atoms with Crippen LogP contribution in [0.2, 0.25) is 0 Å². The van der Waals surface area contributed by atoms with E-state index in [9.17, 15) is 22.5 Å². The Morgan fingerprint density at radius 1 is 1.31 bits per heavy atom. The second-order valence-electron chi connectivity index (χ2n) is 8.21. The summed E-state index contributed by atoms with van der Waals surface area (Å²) in [6, 6.07) is 7.07. The number of benzene rings is 1. The van der Waals surface area contributed by atoms with Crippen LogP contribution in [0, 0.1) is 18.3 Å². The van der Waals surface area contributed by atoms with Crippen molar-refractivity contribution in [2.24, 2.45) is 4.99 Å². The summed E-state index contributed by atoms with van der Waals surface area (Å²) in [5.41, 5.74) is 3.18. The van der Waals surface area contributed by atoms with Crippen LogP contribution in [0.15, 0.2) is 34.3 Å². The topological polar surface area (TPSA) is 99.3 Å². The molecule has 7 nitrogen and oxygen atoms in total. The molecule has 2 N–H and O–H groups in total. The minimum atomic E-state index is -4.09. The van der Waals surface area contributed by atoms with Crippen LogP contribution in [-0.2, 0) is 10.0 Å². The van der Waals surface area contributed by atoms with E-state index in [0.29, 0.717) is 17.1 Å². The van der Waals surface area contributed by atoms with E-state index >= 15 is 0 Å². The van der Waals surface area contributed by atoms with Gasteiger partial charge in [-0.15, -0.1) is 0 Å². The fourth-order valence-corrected chi connectivity index (χ4v) is 5.58. The van der Waals surface area contributed by atoms with Gasteiger partial charge in [0.2, 0.25) is 10.0 Å². The van der Waals surface area contributed by atoms with Gasteiger partial charge in [-0.1, -0.05) is 25.0 Å². The molecule has 0 spiro atoms. The third-order valence-electron chi connectivity index (χ3n) is 5.99. The number of hydrogen-bond acceptors (Lipinski definition) is 5. The highest BCUT2D eigenvalue weighted by Gasteiger charge is 2.30. The lowest BCUT2D eigenvalue weighted by Crippen LogP contribution is -2.40. The lowest BCUT2D eigenvalue weighted by Gasteiger charge is -2.22. The maximum Gasteiger partial charge on any atom is 0.240 e. The van der Waals surface area contributed by atoms with E-state index in [0.717, 1.165) is 42.1 Å². The second-order valence-corrected chi connectivity index (χ2v) is 9.98. The van der Waals surface area contributed by atoms with Gasteiger partial charge in [0.15, 0.2) is 5.84 Å². The number of sulfonamides is 1. The average Bonchev–Trinajstić information content (AvgIpc) is 3.42. The van der Waals surface area contributed by atoms with Crippen molar-refractivity contribution in [1.82, 2.24) is 14.6 Å². The first-order valence-corrected chi connectivity index (χ1v) is 12.1. The standard InChI is InChI=1S/C22H25F2N5O2S/c1-14-6-7-18-19(11-25)21(29(20(18)8-14)16-4-2-3-5-16)22-26-12-17(13-27-22)32(30,31)28-15(9-23)10-24/h6-8,12,15-16,28H,2-5,9-10,13H2,1H3,(H,26,27). The predicted octanol–water partition coefficient (Wildman–Crippen LogP) is 3.35. The second kappa shape index (κ2) is 9.00. The third kappa shape index (κ3) is 4.02. The van der Waals surface area contributed by atoms with E-state index in [4.69, 9.17) is 0 Å². The zero-order valence-corrected chi connectivity index (χ0v) is 18.6. The molecule has 1 saturated carbocycles. The van der Waals surface area contributed by atoms with Gasteiger partial charge in [0, 0.05) is 17.6 Å². The molecule has 0 unspecified atom stereocenters. The zero-order valence-electron chi connectivity index (χ0n) is 17.7. The Morgan fingerprint density at radius 2 is 2.03 bits per heavy atom. The number of nitriles is 1. The van der Waals surface area contributed by atoms with Crippen LogP contribution < -0.4 is 10.0 Å². The lowest BCUT2D eigenvalue weighted by atomic mass is 10.1. The largest absolute Gasteiger partial charge is 0.344 e. The summed E-state index contributed by atoms with van der Waals surface area (Å²) >= 11 is 0. The molecule has 1 aliphatic carbocycles. The van der Waals surface area contributed by atoms with Crippen molar-refractivity contribution >= 4 is 26.8 Å². The van der Waals surface area contributed by atoms with Crippen molar-refractivity contribution in [1.29, 1.82) is 5.26 Å². The summed E-state index contributed by atoms with van der Waals surface area (Å²) in [5.74, 6) is 0.411. The zero-order chi connectivity index (χ0) is 22.9. The number of halogens is 2. The molecule has 32 heavy (non-hydrogen) atoms. The summed E-state index contributed by atoms with van der Waals surface area (Å²) in [7, 11) is -4.09. The number of aryl methyl sites for hydroxylation is 1. The lowest BCUT2D eigenvalue weighted by molar-refractivity contribution is 0.335. The van der Waals surface area contributed by atoms with E-state index in [-0.39, 0.29) is 17.5 Å². The molecule has 0 bridgehead atoms. The SMILES string of the molecule is Cc1ccc2c(C#N)c(C3=NCC(S(=O)(=O)NC(CF)CF)=CN3)n(C3CCCC3)c2c1. The Hall–Kier alpha value is -2.77. The third-order valence-corrected chi connectivity index (χ3v) is 7.57. The van der Waals surface area contributed by atoms with Crippen LogP contribution >= 0.6 is 0 Å². The molecule has 0 amide bonds. The molecular formula is C22H25F2N5O2S. The molecule has 0 atom stereocenters. The van der Waals surface area contributed by atoms with Crippen LogP contribution in [0.4, 0.5) is 8.78 Å². The van der Waals surface area contributed by atoms with Gasteiger partial charge in [-0.25, -0.2) is 21.9 Å². The van der Waals surface area contributed by atoms with Gasteiger partial charge in [0.25, 0.3) is 0 Å². The Morgan fingerprint density at radius 3 is 2.62 bits per heavy atom. The van der Waals surface area contributed by atoms with E-state index in [2.05, 4.69) is 27.0 Å². The first kappa shape index (κ1) is 22.4. The Kier molecular flexibility index (Phi) is 6.31. The number of nitrogens with zero attached hydrogens (tertiary/aromatic N) is 3. The van der Waals surface area contributed by atoms with Crippen LogP contribution in [0.1, 0.15) is 48.5 Å². The fraction of sp³-hybridized carbons (Fsp3) is 0.455. The van der Waals surface area contributed by atoms with Crippen molar-refractivity contribution in [2.75, 3.05) is 19.9 Å². The van der Waals surface area contributed by atoms with E-state index in [1.165, 1.54) is 6.20 Å². The molecule has 170 valence electrons. The first-order chi connectivity index (χ1) is 15.4. The number of alkyl halides is 2. The molecule has 2 aliphatic rings. The molecule has 1 fully saturated rings. The molecule has 4 rings (SSSR count). The summed E-state index contributed by atoms with van der Waals surface area (Å²) in [5, 5.41) is 13.7. The number of aromatic nitrogens is 1. The van der Waals surface area contributed by atoms with Gasteiger partial charge in [-0.2, -0.15) is 5.26 Å². The molecule has 0 saturated heterocycles. The van der Waals surface area contributed by atoms with Crippen molar-refractivity contribution in [3.8, 4) is 6.07 Å². The molecule has 1 aliphatic heterocycles. The molecule has 0 radical (unpaired) electrons. The number of hydrogen-bond donors (Lipinski definition) is 2. The van der Waals surface area contributed by atoms with Gasteiger partial charge in [0.05, 0.1) is 28.6 Å². The first-order valence-electron chi connectivity index (χ1n) is 10.6. The maximum absolute atomic E-state index is 12.8. The summed E-state index contributed by atoms with van der Waals surface area (Å²) in [6.45, 7) is -0.476. The number of fused-ring (bicyclic) bond motifs is 1. The van der Waals surface area contributed by atoms with Crippen LogP contribution in [0.5, 0.6) is 0 Å². The average molecular weight is 462 g/mol. The number of nitrogens with one attached hydrogen (secondary N) is 2. The monoisotopic (exact) mass is 461 g/mol. The summed E-state index contributed by atoms with van der Waals surface area (Å²) < 4.78 is 54.6. The Bertz CT molecular complexity index is 1230. The molecule has 2 aromatic rings. The molecule has 1 aromatic heterocycles. The molecule has 10 heteroatoms.